The van der Waals surface area contributed by atoms with Gasteiger partial charge >= 0.3 is 12.2 Å². The minimum absolute atomic E-state index is 0.00334. The van der Waals surface area contributed by atoms with Crippen LogP contribution in [0.5, 0.6) is 0 Å². The predicted molar refractivity (Wildman–Crippen MR) is 99.3 cm³/mol. The minimum atomic E-state index is -4.32. The van der Waals surface area contributed by atoms with Crippen LogP contribution in [-0.2, 0) is 22.1 Å². The van der Waals surface area contributed by atoms with Crippen LogP contribution in [0.1, 0.15) is 30.4 Å². The fourth-order valence-electron chi connectivity index (χ4n) is 4.69. The molecule has 0 aromatic heterocycles. The molecule has 3 aliphatic rings. The van der Waals surface area contributed by atoms with Crippen molar-refractivity contribution < 1.29 is 27.5 Å². The summed E-state index contributed by atoms with van der Waals surface area (Å²) in [6.45, 7) is 2.64. The molecule has 3 atom stereocenters. The molecule has 2 amide bonds. The quantitative estimate of drug-likeness (QED) is 0.751. The van der Waals surface area contributed by atoms with Gasteiger partial charge in [0.15, 0.2) is 5.78 Å². The molecule has 3 heterocycles. The van der Waals surface area contributed by atoms with Gasteiger partial charge in [-0.2, -0.15) is 13.2 Å². The van der Waals surface area contributed by atoms with E-state index >= 15 is 0 Å². The third kappa shape index (κ3) is 4.57. The Kier molecular flexibility index (Phi) is 5.55. The van der Waals surface area contributed by atoms with E-state index in [1.807, 2.05) is 9.80 Å². The van der Waals surface area contributed by atoms with Gasteiger partial charge in [-0.15, -0.1) is 0 Å². The van der Waals surface area contributed by atoms with E-state index in [0.29, 0.717) is 39.0 Å². The van der Waals surface area contributed by atoms with Crippen LogP contribution in [0.3, 0.4) is 0 Å². The summed E-state index contributed by atoms with van der Waals surface area (Å²) in [6.07, 6.45) is -1.51. The number of ether oxygens (including phenoxy) is 1. The minimum Gasteiger partial charge on any atom is -0.370 e. The maximum absolute atomic E-state index is 12.9. The van der Waals surface area contributed by atoms with E-state index in [-0.39, 0.29) is 36.4 Å². The van der Waals surface area contributed by atoms with Crippen LogP contribution in [0.15, 0.2) is 24.3 Å². The Hall–Kier alpha value is -2.09. The fourth-order valence-corrected chi connectivity index (χ4v) is 4.69. The molecule has 29 heavy (non-hydrogen) atoms. The van der Waals surface area contributed by atoms with E-state index in [2.05, 4.69) is 0 Å². The number of amides is 2. The zero-order valence-corrected chi connectivity index (χ0v) is 16.2. The molecule has 0 N–H and O–H groups in total. The molecule has 3 fully saturated rings. The molecule has 158 valence electrons. The SMILES string of the molecule is O=C1CO[C@H]2CCN(C(=O)N3CCC(Cc4ccc(C(F)(F)F)cc4)C3)C[C@H]2C1. The molecule has 3 saturated heterocycles. The number of fused-ring (bicyclic) bond motifs is 1. The van der Waals surface area contributed by atoms with Gasteiger partial charge in [0.2, 0.25) is 0 Å². The molecule has 0 bridgehead atoms. The molecule has 5 nitrogen and oxygen atoms in total. The Labute approximate surface area is 167 Å². The number of likely N-dealkylation sites (tertiary alicyclic amines) is 2. The van der Waals surface area contributed by atoms with E-state index < -0.39 is 11.7 Å². The van der Waals surface area contributed by atoms with E-state index in [0.717, 1.165) is 30.5 Å². The topological polar surface area (TPSA) is 49.9 Å². The average Bonchev–Trinajstić information content (AvgIpc) is 3.15. The summed E-state index contributed by atoms with van der Waals surface area (Å²) in [6, 6.07) is 5.28. The third-order valence-electron chi connectivity index (χ3n) is 6.25. The Balaban J connectivity index is 1.30. The second-order valence-corrected chi connectivity index (χ2v) is 8.37. The van der Waals surface area contributed by atoms with Crippen molar-refractivity contribution in [3.8, 4) is 0 Å². The first-order valence-corrected chi connectivity index (χ1v) is 10.1. The Morgan fingerprint density at radius 1 is 1.07 bits per heavy atom. The summed E-state index contributed by atoms with van der Waals surface area (Å²) >= 11 is 0. The van der Waals surface area contributed by atoms with Gasteiger partial charge in [-0.1, -0.05) is 12.1 Å². The maximum atomic E-state index is 12.9. The summed E-state index contributed by atoms with van der Waals surface area (Å²) in [4.78, 5) is 28.2. The van der Waals surface area contributed by atoms with Crippen molar-refractivity contribution >= 4 is 11.8 Å². The summed E-state index contributed by atoms with van der Waals surface area (Å²) in [5.41, 5.74) is 0.217. The molecule has 4 rings (SSSR count). The van der Waals surface area contributed by atoms with Gasteiger partial charge in [0, 0.05) is 38.5 Å². The van der Waals surface area contributed by atoms with Gasteiger partial charge in [0.1, 0.15) is 6.61 Å². The molecule has 1 aromatic rings. The average molecular weight is 410 g/mol. The summed E-state index contributed by atoms with van der Waals surface area (Å²) in [5.74, 6) is 0.422. The normalized spacial score (nSPS) is 27.8. The highest BCUT2D eigenvalue weighted by Gasteiger charge is 2.39. The molecule has 8 heteroatoms. The Morgan fingerprint density at radius 2 is 1.76 bits per heavy atom. The lowest BCUT2D eigenvalue weighted by atomic mass is 9.88. The lowest BCUT2D eigenvalue weighted by Crippen LogP contribution is -2.53. The standard InChI is InChI=1S/C21H25F3N2O3/c22-21(23,24)17-3-1-14(2-4-17)9-15-5-7-25(11-15)20(28)26-8-6-19-16(12-26)10-18(27)13-29-19/h1-4,15-16,19H,5-13H2/t15?,16-,19+/m1/s1. The number of ketones is 1. The fraction of sp³-hybridized carbons (Fsp3) is 0.619. The smallest absolute Gasteiger partial charge is 0.370 e. The number of hydrogen-bond donors (Lipinski definition) is 0. The Bertz CT molecular complexity index is 765. The zero-order chi connectivity index (χ0) is 20.6. The number of halogens is 3. The summed E-state index contributed by atoms with van der Waals surface area (Å²) in [7, 11) is 0. The molecule has 0 saturated carbocycles. The third-order valence-corrected chi connectivity index (χ3v) is 6.25. The monoisotopic (exact) mass is 410 g/mol. The first-order chi connectivity index (χ1) is 13.8. The molecule has 0 spiro atoms. The number of rotatable bonds is 2. The lowest BCUT2D eigenvalue weighted by Gasteiger charge is -2.41. The van der Waals surface area contributed by atoms with E-state index in [9.17, 15) is 22.8 Å². The number of hydrogen-bond acceptors (Lipinski definition) is 3. The van der Waals surface area contributed by atoms with Crippen molar-refractivity contribution in [2.24, 2.45) is 11.8 Å². The lowest BCUT2D eigenvalue weighted by molar-refractivity contribution is -0.140. The van der Waals surface area contributed by atoms with Crippen molar-refractivity contribution in [1.82, 2.24) is 9.80 Å². The predicted octanol–water partition coefficient (Wildman–Crippen LogP) is 3.37. The first-order valence-electron chi connectivity index (χ1n) is 10.1. The van der Waals surface area contributed by atoms with Crippen LogP contribution in [0.25, 0.3) is 0 Å². The van der Waals surface area contributed by atoms with Crippen molar-refractivity contribution in [3.05, 3.63) is 35.4 Å². The first kappa shape index (κ1) is 20.2. The van der Waals surface area contributed by atoms with Gasteiger partial charge in [-0.05, 0) is 42.9 Å². The number of carbonyl (C=O) groups excluding carboxylic acids is 2. The van der Waals surface area contributed by atoms with Crippen molar-refractivity contribution in [3.63, 3.8) is 0 Å². The Morgan fingerprint density at radius 3 is 2.48 bits per heavy atom. The highest BCUT2D eigenvalue weighted by molar-refractivity contribution is 5.81. The van der Waals surface area contributed by atoms with Crippen LogP contribution in [0.2, 0.25) is 0 Å². The van der Waals surface area contributed by atoms with Crippen molar-refractivity contribution in [2.45, 2.75) is 38.0 Å². The molecule has 3 aliphatic heterocycles. The van der Waals surface area contributed by atoms with Crippen LogP contribution in [0.4, 0.5) is 18.0 Å². The van der Waals surface area contributed by atoms with E-state index in [4.69, 9.17) is 4.74 Å². The van der Waals surface area contributed by atoms with Crippen molar-refractivity contribution in [1.29, 1.82) is 0 Å². The van der Waals surface area contributed by atoms with Gasteiger partial charge in [0.05, 0.1) is 11.7 Å². The molecule has 0 radical (unpaired) electrons. The van der Waals surface area contributed by atoms with E-state index in [1.54, 1.807) is 0 Å². The highest BCUT2D eigenvalue weighted by atomic mass is 19.4. The molecule has 0 aliphatic carbocycles. The summed E-state index contributed by atoms with van der Waals surface area (Å²) in [5, 5.41) is 0. The number of urea groups is 1. The second kappa shape index (κ2) is 7.97. The number of carbonyl (C=O) groups is 2. The maximum Gasteiger partial charge on any atom is 0.416 e. The van der Waals surface area contributed by atoms with Gasteiger partial charge in [-0.3, -0.25) is 4.79 Å². The van der Waals surface area contributed by atoms with Crippen LogP contribution < -0.4 is 0 Å². The molecule has 1 aromatic carbocycles. The molecule has 1 unspecified atom stereocenters. The van der Waals surface area contributed by atoms with Crippen LogP contribution >= 0.6 is 0 Å². The van der Waals surface area contributed by atoms with Crippen molar-refractivity contribution in [2.75, 3.05) is 32.8 Å². The number of alkyl halides is 3. The summed E-state index contributed by atoms with van der Waals surface area (Å²) < 4.78 is 43.7. The number of piperidine rings is 1. The number of Topliss-reactive ketones (excluding diaryl/α,β-unsaturated/α-hetero) is 1. The van der Waals surface area contributed by atoms with Gasteiger partial charge in [0.25, 0.3) is 0 Å². The number of nitrogens with zero attached hydrogens (tertiary/aromatic N) is 2. The number of benzene rings is 1. The second-order valence-electron chi connectivity index (χ2n) is 8.37. The van der Waals surface area contributed by atoms with E-state index in [1.165, 1.54) is 12.1 Å². The van der Waals surface area contributed by atoms with Gasteiger partial charge < -0.3 is 14.5 Å². The molecular formula is C21H25F3N2O3. The zero-order valence-electron chi connectivity index (χ0n) is 16.2. The van der Waals surface area contributed by atoms with Crippen LogP contribution in [0, 0.1) is 11.8 Å². The van der Waals surface area contributed by atoms with Crippen LogP contribution in [-0.4, -0.2) is 60.5 Å². The highest BCUT2D eigenvalue weighted by Crippen LogP contribution is 2.31. The largest absolute Gasteiger partial charge is 0.416 e. The van der Waals surface area contributed by atoms with Gasteiger partial charge in [-0.25, -0.2) is 4.79 Å². The molecular weight excluding hydrogens is 385 g/mol.